The number of piperidine rings is 1. The molecule has 2 aromatic rings. The zero-order valence-corrected chi connectivity index (χ0v) is 11.8. The van der Waals surface area contributed by atoms with Gasteiger partial charge >= 0.3 is 0 Å². The Morgan fingerprint density at radius 3 is 3.05 bits per heavy atom. The molecular formula is C17H21N3. The Bertz CT molecular complexity index is 605. The molecule has 104 valence electrons. The van der Waals surface area contributed by atoms with Gasteiger partial charge in [-0.2, -0.15) is 0 Å². The zero-order chi connectivity index (χ0) is 13.4. The van der Waals surface area contributed by atoms with Crippen molar-refractivity contribution in [3.05, 3.63) is 36.5 Å². The molecule has 2 saturated heterocycles. The van der Waals surface area contributed by atoms with Crippen LogP contribution in [0.15, 0.2) is 36.5 Å². The Morgan fingerprint density at radius 1 is 1.10 bits per heavy atom. The van der Waals surface area contributed by atoms with Crippen LogP contribution in [0.5, 0.6) is 0 Å². The molecule has 0 amide bonds. The van der Waals surface area contributed by atoms with Crippen LogP contribution < -0.4 is 5.32 Å². The van der Waals surface area contributed by atoms with Gasteiger partial charge in [0.15, 0.2) is 0 Å². The summed E-state index contributed by atoms with van der Waals surface area (Å²) in [5.74, 6) is 0. The Labute approximate surface area is 120 Å². The van der Waals surface area contributed by atoms with Crippen molar-refractivity contribution in [2.75, 3.05) is 18.4 Å². The van der Waals surface area contributed by atoms with Crippen molar-refractivity contribution in [3.63, 3.8) is 0 Å². The fourth-order valence-corrected chi connectivity index (χ4v) is 3.80. The summed E-state index contributed by atoms with van der Waals surface area (Å²) in [6.07, 6.45) is 7.18. The number of fused-ring (bicyclic) bond motifs is 2. The lowest BCUT2D eigenvalue weighted by molar-refractivity contribution is 0.188. The summed E-state index contributed by atoms with van der Waals surface area (Å²) in [6.45, 7) is 2.56. The van der Waals surface area contributed by atoms with Crippen molar-refractivity contribution in [1.29, 1.82) is 0 Å². The molecule has 0 aliphatic carbocycles. The summed E-state index contributed by atoms with van der Waals surface area (Å²) < 4.78 is 0. The highest BCUT2D eigenvalue weighted by molar-refractivity contribution is 5.90. The smallest absolute Gasteiger partial charge is 0.0933 e. The molecule has 3 heterocycles. The molecule has 2 atom stereocenters. The lowest BCUT2D eigenvalue weighted by Crippen LogP contribution is -2.42. The molecule has 4 rings (SSSR count). The van der Waals surface area contributed by atoms with Gasteiger partial charge in [0, 0.05) is 30.2 Å². The quantitative estimate of drug-likeness (QED) is 0.905. The number of aromatic nitrogens is 1. The van der Waals surface area contributed by atoms with Crippen LogP contribution in [0.3, 0.4) is 0 Å². The minimum Gasteiger partial charge on any atom is -0.380 e. The lowest BCUT2D eigenvalue weighted by atomic mass is 9.97. The van der Waals surface area contributed by atoms with Crippen LogP contribution in [0.4, 0.5) is 5.69 Å². The summed E-state index contributed by atoms with van der Waals surface area (Å²) in [4.78, 5) is 7.21. The van der Waals surface area contributed by atoms with Gasteiger partial charge in [0.2, 0.25) is 0 Å². The number of hydrogen-bond acceptors (Lipinski definition) is 3. The van der Waals surface area contributed by atoms with Crippen molar-refractivity contribution in [1.82, 2.24) is 9.88 Å². The van der Waals surface area contributed by atoms with E-state index in [0.29, 0.717) is 6.04 Å². The Morgan fingerprint density at radius 2 is 2.05 bits per heavy atom. The van der Waals surface area contributed by atoms with Gasteiger partial charge in [-0.3, -0.25) is 4.98 Å². The average molecular weight is 267 g/mol. The number of nitrogens with zero attached hydrogens (tertiary/aromatic N) is 2. The summed E-state index contributed by atoms with van der Waals surface area (Å²) >= 11 is 0. The van der Waals surface area contributed by atoms with Gasteiger partial charge in [-0.25, -0.2) is 0 Å². The third-order valence-corrected chi connectivity index (χ3v) is 4.81. The second-order valence-corrected chi connectivity index (χ2v) is 6.08. The van der Waals surface area contributed by atoms with E-state index in [1.807, 2.05) is 12.3 Å². The van der Waals surface area contributed by atoms with E-state index in [2.05, 4.69) is 39.5 Å². The van der Waals surface area contributed by atoms with Gasteiger partial charge < -0.3 is 10.2 Å². The van der Waals surface area contributed by atoms with E-state index in [4.69, 9.17) is 0 Å². The maximum absolute atomic E-state index is 4.54. The van der Waals surface area contributed by atoms with Gasteiger partial charge in [-0.05, 0) is 44.4 Å². The molecule has 2 aliphatic rings. The monoisotopic (exact) mass is 267 g/mol. The van der Waals surface area contributed by atoms with Crippen LogP contribution in [0.25, 0.3) is 10.9 Å². The van der Waals surface area contributed by atoms with Crippen molar-refractivity contribution in [2.24, 2.45) is 0 Å². The molecule has 20 heavy (non-hydrogen) atoms. The number of benzene rings is 1. The zero-order valence-electron chi connectivity index (χ0n) is 11.8. The molecule has 1 aromatic carbocycles. The highest BCUT2D eigenvalue weighted by atomic mass is 15.2. The van der Waals surface area contributed by atoms with Crippen LogP contribution >= 0.6 is 0 Å². The molecule has 2 aliphatic heterocycles. The first kappa shape index (κ1) is 12.2. The molecular weight excluding hydrogens is 246 g/mol. The topological polar surface area (TPSA) is 28.2 Å². The number of para-hydroxylation sites is 1. The summed E-state index contributed by atoms with van der Waals surface area (Å²) in [6, 6.07) is 12.0. The SMILES string of the molecule is c1cnc2c(NC3CCN4CCCC4C3)cccc2c1. The highest BCUT2D eigenvalue weighted by Gasteiger charge is 2.31. The van der Waals surface area contributed by atoms with Gasteiger partial charge in [0.25, 0.3) is 0 Å². The van der Waals surface area contributed by atoms with E-state index >= 15 is 0 Å². The van der Waals surface area contributed by atoms with Gasteiger partial charge in [0.1, 0.15) is 0 Å². The number of pyridine rings is 1. The number of nitrogens with one attached hydrogen (secondary N) is 1. The highest BCUT2D eigenvalue weighted by Crippen LogP contribution is 2.30. The number of rotatable bonds is 2. The predicted octanol–water partition coefficient (Wildman–Crippen LogP) is 3.27. The second-order valence-electron chi connectivity index (χ2n) is 6.08. The maximum atomic E-state index is 4.54. The number of hydrogen-bond donors (Lipinski definition) is 1. The maximum Gasteiger partial charge on any atom is 0.0933 e. The lowest BCUT2D eigenvalue weighted by Gasteiger charge is -2.35. The van der Waals surface area contributed by atoms with E-state index in [9.17, 15) is 0 Å². The first-order valence-corrected chi connectivity index (χ1v) is 7.74. The van der Waals surface area contributed by atoms with E-state index in [1.165, 1.54) is 49.8 Å². The molecule has 0 radical (unpaired) electrons. The van der Waals surface area contributed by atoms with Crippen LogP contribution in [-0.4, -0.2) is 35.1 Å². The van der Waals surface area contributed by atoms with Crippen molar-refractivity contribution < 1.29 is 0 Å². The molecule has 0 saturated carbocycles. The molecule has 0 spiro atoms. The van der Waals surface area contributed by atoms with Gasteiger partial charge in [-0.1, -0.05) is 18.2 Å². The molecule has 0 bridgehead atoms. The van der Waals surface area contributed by atoms with Crippen LogP contribution in [0.2, 0.25) is 0 Å². The fourth-order valence-electron chi connectivity index (χ4n) is 3.80. The standard InChI is InChI=1S/C17H21N3/c1-4-13-5-2-9-18-17(13)16(7-1)19-14-8-11-20-10-3-6-15(20)12-14/h1-2,4-5,7,9,14-15,19H,3,6,8,10-12H2. The first-order chi connectivity index (χ1) is 9.90. The summed E-state index contributed by atoms with van der Waals surface area (Å²) in [7, 11) is 0. The number of anilines is 1. The predicted molar refractivity (Wildman–Crippen MR) is 83.0 cm³/mol. The third kappa shape index (κ3) is 2.16. The first-order valence-electron chi connectivity index (χ1n) is 7.74. The normalized spacial score (nSPS) is 26.6. The Balaban J connectivity index is 1.56. The molecule has 1 N–H and O–H groups in total. The van der Waals surface area contributed by atoms with E-state index < -0.39 is 0 Å². The molecule has 1 aromatic heterocycles. The molecule has 3 nitrogen and oxygen atoms in total. The van der Waals surface area contributed by atoms with Crippen molar-refractivity contribution in [2.45, 2.75) is 37.8 Å². The third-order valence-electron chi connectivity index (χ3n) is 4.81. The summed E-state index contributed by atoms with van der Waals surface area (Å²) in [5.41, 5.74) is 2.29. The molecule has 2 fully saturated rings. The van der Waals surface area contributed by atoms with Crippen molar-refractivity contribution >= 4 is 16.6 Å². The minimum absolute atomic E-state index is 0.599. The molecule has 2 unspecified atom stereocenters. The van der Waals surface area contributed by atoms with Crippen LogP contribution in [-0.2, 0) is 0 Å². The van der Waals surface area contributed by atoms with Crippen LogP contribution in [0.1, 0.15) is 25.7 Å². The van der Waals surface area contributed by atoms with E-state index in [-0.39, 0.29) is 0 Å². The minimum atomic E-state index is 0.599. The van der Waals surface area contributed by atoms with Crippen molar-refractivity contribution in [3.8, 4) is 0 Å². The Kier molecular flexibility index (Phi) is 3.07. The second kappa shape index (κ2) is 5.06. The molecule has 3 heteroatoms. The van der Waals surface area contributed by atoms with Gasteiger partial charge in [0.05, 0.1) is 11.2 Å². The Hall–Kier alpha value is -1.61. The van der Waals surface area contributed by atoms with Gasteiger partial charge in [-0.15, -0.1) is 0 Å². The summed E-state index contributed by atoms with van der Waals surface area (Å²) in [5, 5.41) is 4.97. The van der Waals surface area contributed by atoms with E-state index in [0.717, 1.165) is 11.6 Å². The average Bonchev–Trinajstić information content (AvgIpc) is 2.95. The van der Waals surface area contributed by atoms with Crippen LogP contribution in [0, 0.1) is 0 Å². The largest absolute Gasteiger partial charge is 0.380 e. The fraction of sp³-hybridized carbons (Fsp3) is 0.471. The van der Waals surface area contributed by atoms with E-state index in [1.54, 1.807) is 0 Å².